The molecule has 0 amide bonds. The zero-order valence-electron chi connectivity index (χ0n) is 14.7. The molecule has 0 unspecified atom stereocenters. The topological polar surface area (TPSA) is 39.4 Å². The van der Waals surface area contributed by atoms with Gasteiger partial charge < -0.3 is 9.15 Å². The van der Waals surface area contributed by atoms with E-state index >= 15 is 0 Å². The Labute approximate surface area is 151 Å². The van der Waals surface area contributed by atoms with E-state index in [1.165, 1.54) is 6.07 Å². The zero-order chi connectivity index (χ0) is 18.1. The van der Waals surface area contributed by atoms with E-state index in [0.29, 0.717) is 5.58 Å². The SMILES string of the molecule is COc1ccccc1/C=C/c1cc(=O)oc2c1ccc1c(C)cccc12. The van der Waals surface area contributed by atoms with Gasteiger partial charge in [-0.3, -0.25) is 0 Å². The minimum absolute atomic E-state index is 0.355. The summed E-state index contributed by atoms with van der Waals surface area (Å²) in [6.45, 7) is 2.05. The van der Waals surface area contributed by atoms with E-state index in [9.17, 15) is 4.79 Å². The lowest BCUT2D eigenvalue weighted by atomic mass is 10.0. The van der Waals surface area contributed by atoms with Gasteiger partial charge in [0.25, 0.3) is 0 Å². The predicted molar refractivity (Wildman–Crippen MR) is 107 cm³/mol. The Morgan fingerprint density at radius 2 is 1.62 bits per heavy atom. The van der Waals surface area contributed by atoms with Gasteiger partial charge in [-0.1, -0.05) is 54.6 Å². The van der Waals surface area contributed by atoms with Crippen LogP contribution >= 0.6 is 0 Å². The van der Waals surface area contributed by atoms with Gasteiger partial charge in [0.15, 0.2) is 0 Å². The molecule has 0 aliphatic heterocycles. The van der Waals surface area contributed by atoms with Gasteiger partial charge in [-0.15, -0.1) is 0 Å². The van der Waals surface area contributed by atoms with Crippen LogP contribution in [-0.2, 0) is 0 Å². The molecular weight excluding hydrogens is 324 g/mol. The molecule has 0 radical (unpaired) electrons. The van der Waals surface area contributed by atoms with E-state index in [4.69, 9.17) is 9.15 Å². The number of para-hydroxylation sites is 1. The lowest BCUT2D eigenvalue weighted by molar-refractivity contribution is 0.414. The fraction of sp³-hybridized carbons (Fsp3) is 0.0870. The van der Waals surface area contributed by atoms with E-state index < -0.39 is 0 Å². The molecule has 3 nitrogen and oxygen atoms in total. The molecule has 0 atom stereocenters. The molecule has 0 aliphatic carbocycles. The molecule has 1 aromatic heterocycles. The Morgan fingerprint density at radius 3 is 2.46 bits per heavy atom. The van der Waals surface area contributed by atoms with Crippen LogP contribution in [0.5, 0.6) is 5.75 Å². The molecule has 0 saturated heterocycles. The third-order valence-corrected chi connectivity index (χ3v) is 4.60. The number of hydrogen-bond acceptors (Lipinski definition) is 3. The fourth-order valence-corrected chi connectivity index (χ4v) is 3.28. The second-order valence-corrected chi connectivity index (χ2v) is 6.21. The number of hydrogen-bond donors (Lipinski definition) is 0. The number of benzene rings is 3. The van der Waals surface area contributed by atoms with Crippen molar-refractivity contribution in [2.45, 2.75) is 6.92 Å². The van der Waals surface area contributed by atoms with Crippen LogP contribution in [0.2, 0.25) is 0 Å². The normalized spacial score (nSPS) is 11.5. The van der Waals surface area contributed by atoms with Gasteiger partial charge in [0.05, 0.1) is 7.11 Å². The molecule has 0 aliphatic rings. The van der Waals surface area contributed by atoms with Crippen molar-refractivity contribution in [3.63, 3.8) is 0 Å². The summed E-state index contributed by atoms with van der Waals surface area (Å²) in [6.07, 6.45) is 3.88. The Bertz CT molecular complexity index is 1200. The van der Waals surface area contributed by atoms with Crippen molar-refractivity contribution in [2.24, 2.45) is 0 Å². The lowest BCUT2D eigenvalue weighted by Gasteiger charge is -2.07. The second-order valence-electron chi connectivity index (χ2n) is 6.21. The molecule has 0 spiro atoms. The summed E-state index contributed by atoms with van der Waals surface area (Å²) in [4.78, 5) is 12.1. The predicted octanol–water partition coefficient (Wildman–Crippen LogP) is 5.43. The molecule has 0 N–H and O–H groups in total. The summed E-state index contributed by atoms with van der Waals surface area (Å²) in [5.74, 6) is 0.789. The first-order valence-corrected chi connectivity index (χ1v) is 8.44. The Hall–Kier alpha value is -3.33. The highest BCUT2D eigenvalue weighted by Gasteiger charge is 2.09. The van der Waals surface area contributed by atoms with Crippen molar-refractivity contribution >= 4 is 33.9 Å². The maximum Gasteiger partial charge on any atom is 0.336 e. The zero-order valence-corrected chi connectivity index (χ0v) is 14.7. The minimum atomic E-state index is -0.355. The van der Waals surface area contributed by atoms with Crippen LogP contribution in [-0.4, -0.2) is 7.11 Å². The summed E-state index contributed by atoms with van der Waals surface area (Å²) < 4.78 is 10.9. The van der Waals surface area contributed by atoms with E-state index in [-0.39, 0.29) is 5.63 Å². The molecule has 0 bridgehead atoms. The molecule has 0 saturated carbocycles. The molecular formula is C23H18O3. The minimum Gasteiger partial charge on any atom is -0.496 e. The average Bonchev–Trinajstić information content (AvgIpc) is 2.66. The number of methoxy groups -OCH3 is 1. The summed E-state index contributed by atoms with van der Waals surface area (Å²) in [7, 11) is 1.65. The van der Waals surface area contributed by atoms with Gasteiger partial charge in [-0.25, -0.2) is 4.79 Å². The fourth-order valence-electron chi connectivity index (χ4n) is 3.28. The van der Waals surface area contributed by atoms with Crippen LogP contribution in [0, 0.1) is 6.92 Å². The molecule has 3 aromatic carbocycles. The Balaban J connectivity index is 1.93. The third-order valence-electron chi connectivity index (χ3n) is 4.60. The summed E-state index contributed by atoms with van der Waals surface area (Å²) >= 11 is 0. The lowest BCUT2D eigenvalue weighted by Crippen LogP contribution is -1.98. The van der Waals surface area contributed by atoms with Crippen molar-refractivity contribution in [3.8, 4) is 5.75 Å². The van der Waals surface area contributed by atoms with Gasteiger partial charge in [0.2, 0.25) is 0 Å². The third kappa shape index (κ3) is 2.78. The monoisotopic (exact) mass is 342 g/mol. The van der Waals surface area contributed by atoms with Crippen molar-refractivity contribution in [1.82, 2.24) is 0 Å². The first kappa shape index (κ1) is 16.2. The highest BCUT2D eigenvalue weighted by atomic mass is 16.5. The number of rotatable bonds is 3. The van der Waals surface area contributed by atoms with Crippen molar-refractivity contribution in [1.29, 1.82) is 0 Å². The number of aryl methyl sites for hydroxylation is 1. The van der Waals surface area contributed by atoms with Gasteiger partial charge in [-0.2, -0.15) is 0 Å². The van der Waals surface area contributed by atoms with Crippen LogP contribution < -0.4 is 10.4 Å². The Morgan fingerprint density at radius 1 is 0.846 bits per heavy atom. The van der Waals surface area contributed by atoms with Crippen LogP contribution in [0.1, 0.15) is 16.7 Å². The summed E-state index contributed by atoms with van der Waals surface area (Å²) in [6, 6.07) is 19.4. The standard InChI is InChI=1S/C23H18O3/c1-15-6-5-8-20-18(15)12-13-19-17(14-22(24)26-23(19)20)11-10-16-7-3-4-9-21(16)25-2/h3-14H,1-2H3/b11-10+. The quantitative estimate of drug-likeness (QED) is 0.368. The maximum atomic E-state index is 12.1. The highest BCUT2D eigenvalue weighted by molar-refractivity contribution is 6.07. The van der Waals surface area contributed by atoms with Gasteiger partial charge in [0.1, 0.15) is 11.3 Å². The van der Waals surface area contributed by atoms with Crippen LogP contribution in [0.25, 0.3) is 33.9 Å². The van der Waals surface area contributed by atoms with E-state index in [1.807, 2.05) is 54.6 Å². The molecule has 26 heavy (non-hydrogen) atoms. The first-order valence-electron chi connectivity index (χ1n) is 8.44. The number of fused-ring (bicyclic) bond motifs is 3. The Kier molecular flexibility index (Phi) is 4.05. The average molecular weight is 342 g/mol. The summed E-state index contributed by atoms with van der Waals surface area (Å²) in [5.41, 5.74) is 3.20. The van der Waals surface area contributed by atoms with E-state index in [1.54, 1.807) is 7.11 Å². The van der Waals surface area contributed by atoms with Gasteiger partial charge in [-0.05, 0) is 35.6 Å². The second kappa shape index (κ2) is 6.52. The van der Waals surface area contributed by atoms with Crippen LogP contribution in [0.15, 0.2) is 69.9 Å². The van der Waals surface area contributed by atoms with Crippen molar-refractivity contribution in [2.75, 3.05) is 7.11 Å². The smallest absolute Gasteiger partial charge is 0.336 e. The van der Waals surface area contributed by atoms with Gasteiger partial charge in [0, 0.05) is 22.4 Å². The molecule has 3 heteroatoms. The molecule has 4 aromatic rings. The van der Waals surface area contributed by atoms with E-state index in [0.717, 1.165) is 38.6 Å². The summed E-state index contributed by atoms with van der Waals surface area (Å²) in [5, 5.41) is 2.95. The van der Waals surface area contributed by atoms with Crippen LogP contribution in [0.3, 0.4) is 0 Å². The maximum absolute atomic E-state index is 12.1. The molecule has 1 heterocycles. The number of ether oxygens (including phenoxy) is 1. The first-order chi connectivity index (χ1) is 12.7. The van der Waals surface area contributed by atoms with E-state index in [2.05, 4.69) is 19.1 Å². The van der Waals surface area contributed by atoms with Gasteiger partial charge >= 0.3 is 5.63 Å². The van der Waals surface area contributed by atoms with Crippen molar-refractivity contribution < 1.29 is 9.15 Å². The molecule has 128 valence electrons. The molecule has 0 fully saturated rings. The highest BCUT2D eigenvalue weighted by Crippen LogP contribution is 2.29. The molecule has 4 rings (SSSR count). The van der Waals surface area contributed by atoms with Crippen LogP contribution in [0.4, 0.5) is 0 Å². The largest absolute Gasteiger partial charge is 0.496 e. The van der Waals surface area contributed by atoms with Crippen molar-refractivity contribution in [3.05, 3.63) is 87.8 Å².